The minimum absolute atomic E-state index is 0.0361. The highest BCUT2D eigenvalue weighted by Gasteiger charge is 2.27. The number of allylic oxidation sites excluding steroid dienone is 2. The summed E-state index contributed by atoms with van der Waals surface area (Å²) in [6, 6.07) is 9.86. The Balaban J connectivity index is 1.57. The third-order valence-corrected chi connectivity index (χ3v) is 4.24. The first kappa shape index (κ1) is 16.2. The van der Waals surface area contributed by atoms with Gasteiger partial charge in [-0.05, 0) is 17.9 Å². The quantitative estimate of drug-likeness (QED) is 0.655. The van der Waals surface area contributed by atoms with Crippen LogP contribution in [0.15, 0.2) is 65.4 Å². The monoisotopic (exact) mass is 323 g/mol. The predicted molar refractivity (Wildman–Crippen MR) is 93.3 cm³/mol. The van der Waals surface area contributed by atoms with Gasteiger partial charge < -0.3 is 9.67 Å². The van der Waals surface area contributed by atoms with Gasteiger partial charge in [0.15, 0.2) is 5.78 Å². The number of carbonyl (C=O) groups is 1. The van der Waals surface area contributed by atoms with Gasteiger partial charge in [0, 0.05) is 44.5 Å². The van der Waals surface area contributed by atoms with Crippen LogP contribution in [0.5, 0.6) is 0 Å². The zero-order valence-corrected chi connectivity index (χ0v) is 13.5. The second kappa shape index (κ2) is 7.73. The maximum absolute atomic E-state index is 12.3. The Morgan fingerprint density at radius 1 is 1.29 bits per heavy atom. The van der Waals surface area contributed by atoms with Crippen LogP contribution in [0.25, 0.3) is 0 Å². The second-order valence-electron chi connectivity index (χ2n) is 5.99. The number of Topliss-reactive ketones (excluding diaryl/α,β-unsaturated/α-hetero) is 1. The second-order valence-corrected chi connectivity index (χ2v) is 5.99. The lowest BCUT2D eigenvalue weighted by Crippen LogP contribution is -2.19. The van der Waals surface area contributed by atoms with Crippen molar-refractivity contribution in [3.05, 3.63) is 65.9 Å². The molecule has 0 aliphatic heterocycles. The fraction of sp³-hybridized carbons (Fsp3) is 0.316. The van der Waals surface area contributed by atoms with E-state index in [4.69, 9.17) is 0 Å². The number of rotatable bonds is 6. The van der Waals surface area contributed by atoms with Crippen LogP contribution >= 0.6 is 0 Å². The van der Waals surface area contributed by atoms with Gasteiger partial charge in [-0.3, -0.25) is 9.79 Å². The summed E-state index contributed by atoms with van der Waals surface area (Å²) in [7, 11) is 0. The van der Waals surface area contributed by atoms with Gasteiger partial charge in [-0.15, -0.1) is 0 Å². The van der Waals surface area contributed by atoms with Crippen molar-refractivity contribution >= 4 is 12.0 Å². The first-order valence-electron chi connectivity index (χ1n) is 8.20. The third kappa shape index (κ3) is 3.98. The van der Waals surface area contributed by atoms with Gasteiger partial charge >= 0.3 is 0 Å². The number of aliphatic imine (C=N–C) groups is 1. The van der Waals surface area contributed by atoms with E-state index < -0.39 is 0 Å². The number of carbonyl (C=O) groups excluding carboxylic acids is 1. The number of hydrogen-bond donors (Lipinski definition) is 1. The molecule has 1 aromatic heterocycles. The molecule has 5 heteroatoms. The predicted octanol–water partition coefficient (Wildman–Crippen LogP) is 3.30. The molecule has 0 radical (unpaired) electrons. The highest BCUT2D eigenvalue weighted by atomic mass is 16.3. The molecule has 0 saturated heterocycles. The van der Waals surface area contributed by atoms with Gasteiger partial charge in [0.25, 0.3) is 0 Å². The Morgan fingerprint density at radius 3 is 2.83 bits per heavy atom. The highest BCUT2D eigenvalue weighted by Crippen LogP contribution is 2.32. The number of aliphatic hydroxyl groups excluding tert-OH is 1. The average Bonchev–Trinajstić information content (AvgIpc) is 3.10. The Labute approximate surface area is 141 Å². The van der Waals surface area contributed by atoms with Crippen LogP contribution in [-0.4, -0.2) is 33.2 Å². The molecule has 1 heterocycles. The first-order chi connectivity index (χ1) is 11.7. The molecule has 1 atom stereocenters. The maximum atomic E-state index is 12.3. The minimum atomic E-state index is -0.0361. The molecule has 1 aliphatic carbocycles. The van der Waals surface area contributed by atoms with Crippen LogP contribution < -0.4 is 0 Å². The SMILES string of the molecule is O=C1CC(c2ccccc2)CC(O)=C1C=NCCCn1ccnc1. The molecule has 0 spiro atoms. The zero-order valence-electron chi connectivity index (χ0n) is 13.5. The molecule has 1 unspecified atom stereocenters. The molecule has 5 nitrogen and oxygen atoms in total. The summed E-state index contributed by atoms with van der Waals surface area (Å²) in [6.45, 7) is 1.46. The van der Waals surface area contributed by atoms with E-state index in [0.717, 1.165) is 18.5 Å². The van der Waals surface area contributed by atoms with E-state index in [9.17, 15) is 9.90 Å². The standard InChI is InChI=1S/C19H21N3O2/c23-18-11-16(15-5-2-1-3-6-15)12-19(24)17(18)13-20-7-4-9-22-10-8-21-14-22/h1-3,5-6,8,10,13-14,16,23H,4,7,9,11-12H2. The third-order valence-electron chi connectivity index (χ3n) is 4.24. The molecule has 1 aromatic carbocycles. The molecular weight excluding hydrogens is 302 g/mol. The molecule has 0 saturated carbocycles. The van der Waals surface area contributed by atoms with Gasteiger partial charge in [0.2, 0.25) is 0 Å². The normalized spacial score (nSPS) is 18.5. The van der Waals surface area contributed by atoms with Crippen LogP contribution in [0.4, 0.5) is 0 Å². The number of hydrogen-bond acceptors (Lipinski definition) is 4. The smallest absolute Gasteiger partial charge is 0.168 e. The Hall–Kier alpha value is -2.69. The van der Waals surface area contributed by atoms with Crippen molar-refractivity contribution in [2.45, 2.75) is 31.7 Å². The van der Waals surface area contributed by atoms with E-state index in [1.54, 1.807) is 12.5 Å². The molecule has 1 N–H and O–H groups in total. The number of benzene rings is 1. The number of nitrogens with zero attached hydrogens (tertiary/aromatic N) is 3. The van der Waals surface area contributed by atoms with E-state index in [1.807, 2.05) is 41.1 Å². The first-order valence-corrected chi connectivity index (χ1v) is 8.20. The van der Waals surface area contributed by atoms with Crippen LogP contribution in [0, 0.1) is 0 Å². The summed E-state index contributed by atoms with van der Waals surface area (Å²) >= 11 is 0. The largest absolute Gasteiger partial charge is 0.511 e. The van der Waals surface area contributed by atoms with Gasteiger partial charge in [-0.25, -0.2) is 4.98 Å². The molecule has 0 bridgehead atoms. The molecule has 3 rings (SSSR count). The molecule has 0 fully saturated rings. The number of aromatic nitrogens is 2. The topological polar surface area (TPSA) is 67.5 Å². The zero-order chi connectivity index (χ0) is 16.8. The van der Waals surface area contributed by atoms with Crippen LogP contribution in [0.1, 0.15) is 30.7 Å². The number of aryl methyl sites for hydroxylation is 1. The van der Waals surface area contributed by atoms with Crippen molar-refractivity contribution in [3.8, 4) is 0 Å². The highest BCUT2D eigenvalue weighted by molar-refractivity contribution is 6.14. The van der Waals surface area contributed by atoms with E-state index in [0.29, 0.717) is 25.0 Å². The molecule has 1 aliphatic rings. The lowest BCUT2D eigenvalue weighted by molar-refractivity contribution is -0.116. The fourth-order valence-electron chi connectivity index (χ4n) is 2.94. The van der Waals surface area contributed by atoms with Crippen molar-refractivity contribution in [2.75, 3.05) is 6.54 Å². The van der Waals surface area contributed by atoms with Crippen molar-refractivity contribution in [2.24, 2.45) is 4.99 Å². The summed E-state index contributed by atoms with van der Waals surface area (Å²) in [4.78, 5) is 20.6. The summed E-state index contributed by atoms with van der Waals surface area (Å²) in [5.41, 5.74) is 1.46. The number of ketones is 1. The summed E-state index contributed by atoms with van der Waals surface area (Å²) in [5.74, 6) is 0.168. The Morgan fingerprint density at radius 2 is 2.12 bits per heavy atom. The number of imidazole rings is 1. The van der Waals surface area contributed by atoms with E-state index >= 15 is 0 Å². The Kier molecular flexibility index (Phi) is 5.21. The number of aliphatic hydroxyl groups is 1. The van der Waals surface area contributed by atoms with Crippen molar-refractivity contribution in [1.82, 2.24) is 9.55 Å². The lowest BCUT2D eigenvalue weighted by Gasteiger charge is -2.22. The molecule has 0 amide bonds. The summed E-state index contributed by atoms with van der Waals surface area (Å²) in [5, 5.41) is 10.2. The minimum Gasteiger partial charge on any atom is -0.511 e. The van der Waals surface area contributed by atoms with Gasteiger partial charge in [-0.1, -0.05) is 30.3 Å². The fourth-order valence-corrected chi connectivity index (χ4v) is 2.94. The summed E-state index contributed by atoms with van der Waals surface area (Å²) < 4.78 is 1.99. The van der Waals surface area contributed by atoms with E-state index in [-0.39, 0.29) is 17.5 Å². The van der Waals surface area contributed by atoms with E-state index in [2.05, 4.69) is 9.98 Å². The van der Waals surface area contributed by atoms with Crippen LogP contribution in [-0.2, 0) is 11.3 Å². The molecular formula is C19H21N3O2. The van der Waals surface area contributed by atoms with Crippen LogP contribution in [0.2, 0.25) is 0 Å². The average molecular weight is 323 g/mol. The van der Waals surface area contributed by atoms with Crippen LogP contribution in [0.3, 0.4) is 0 Å². The van der Waals surface area contributed by atoms with Crippen molar-refractivity contribution in [3.63, 3.8) is 0 Å². The summed E-state index contributed by atoms with van der Waals surface area (Å²) in [6.07, 6.45) is 8.74. The maximum Gasteiger partial charge on any atom is 0.168 e. The van der Waals surface area contributed by atoms with Crippen molar-refractivity contribution in [1.29, 1.82) is 0 Å². The van der Waals surface area contributed by atoms with Gasteiger partial charge in [0.05, 0.1) is 11.9 Å². The Bertz CT molecular complexity index is 733. The molecule has 2 aromatic rings. The van der Waals surface area contributed by atoms with E-state index in [1.165, 1.54) is 6.21 Å². The van der Waals surface area contributed by atoms with Crippen molar-refractivity contribution < 1.29 is 9.90 Å². The molecule has 124 valence electrons. The van der Waals surface area contributed by atoms with Gasteiger partial charge in [-0.2, -0.15) is 0 Å². The van der Waals surface area contributed by atoms with Gasteiger partial charge in [0.1, 0.15) is 5.76 Å². The molecule has 24 heavy (non-hydrogen) atoms. The lowest BCUT2D eigenvalue weighted by atomic mass is 9.83.